The van der Waals surface area contributed by atoms with Gasteiger partial charge in [-0.25, -0.2) is 0 Å². The van der Waals surface area contributed by atoms with Crippen molar-refractivity contribution in [1.82, 2.24) is 14.6 Å². The number of hydrogen-bond donors (Lipinski definition) is 0. The summed E-state index contributed by atoms with van der Waals surface area (Å²) in [5.41, 5.74) is 0.696. The molecule has 3 aromatic rings. The van der Waals surface area contributed by atoms with E-state index < -0.39 is 0 Å². The minimum absolute atomic E-state index is 0.324. The molecule has 0 saturated heterocycles. The Morgan fingerprint density at radius 2 is 1.79 bits per heavy atom. The lowest BCUT2D eigenvalue weighted by molar-refractivity contribution is 0.294. The van der Waals surface area contributed by atoms with Crippen LogP contribution in [-0.4, -0.2) is 14.6 Å². The molecular weight excluding hydrogens is 285 g/mol. The highest BCUT2D eigenvalue weighted by Gasteiger charge is 2.06. The number of nitrogens with zero attached hydrogens (tertiary/aromatic N) is 3. The van der Waals surface area contributed by atoms with Crippen LogP contribution in [0.15, 0.2) is 42.6 Å². The topological polar surface area (TPSA) is 39.4 Å². The maximum atomic E-state index is 5.89. The van der Waals surface area contributed by atoms with Gasteiger partial charge in [0.1, 0.15) is 12.4 Å². The van der Waals surface area contributed by atoms with Crippen molar-refractivity contribution in [3.63, 3.8) is 0 Å². The van der Waals surface area contributed by atoms with Crippen molar-refractivity contribution < 1.29 is 4.74 Å². The molecule has 0 aliphatic rings. The van der Waals surface area contributed by atoms with Crippen LogP contribution >= 0.6 is 23.2 Å². The molecule has 3 rings (SSSR count). The highest BCUT2D eigenvalue weighted by molar-refractivity contribution is 6.31. The predicted molar refractivity (Wildman–Crippen MR) is 73.8 cm³/mol. The number of hydrogen-bond acceptors (Lipinski definition) is 3. The fourth-order valence-corrected chi connectivity index (χ4v) is 1.97. The number of pyridine rings is 1. The van der Waals surface area contributed by atoms with E-state index in [4.69, 9.17) is 27.9 Å². The molecule has 0 fully saturated rings. The van der Waals surface area contributed by atoms with E-state index in [2.05, 4.69) is 10.2 Å². The molecule has 2 heterocycles. The summed E-state index contributed by atoms with van der Waals surface area (Å²) in [5, 5.41) is 9.41. The van der Waals surface area contributed by atoms with Gasteiger partial charge >= 0.3 is 0 Å². The third-order valence-corrected chi connectivity index (χ3v) is 3.11. The molecule has 4 nitrogen and oxygen atoms in total. The van der Waals surface area contributed by atoms with Crippen molar-refractivity contribution in [2.75, 3.05) is 0 Å². The average molecular weight is 294 g/mol. The van der Waals surface area contributed by atoms with Crippen LogP contribution in [0.1, 0.15) is 5.82 Å². The van der Waals surface area contributed by atoms with Crippen molar-refractivity contribution in [2.24, 2.45) is 0 Å². The Balaban J connectivity index is 1.80. The first-order valence-corrected chi connectivity index (χ1v) is 6.35. The Morgan fingerprint density at radius 3 is 2.58 bits per heavy atom. The molecule has 0 spiro atoms. The minimum Gasteiger partial charge on any atom is -0.486 e. The lowest BCUT2D eigenvalue weighted by Gasteiger charge is -2.04. The quantitative estimate of drug-likeness (QED) is 0.740. The molecule has 6 heteroatoms. The van der Waals surface area contributed by atoms with E-state index in [1.54, 1.807) is 24.3 Å². The van der Waals surface area contributed by atoms with Crippen LogP contribution in [0.2, 0.25) is 10.0 Å². The van der Waals surface area contributed by atoms with E-state index in [0.29, 0.717) is 28.1 Å². The molecule has 0 unspecified atom stereocenters. The van der Waals surface area contributed by atoms with E-state index in [0.717, 1.165) is 5.75 Å². The van der Waals surface area contributed by atoms with Crippen molar-refractivity contribution in [3.8, 4) is 5.75 Å². The molecule has 0 aliphatic heterocycles. The number of ether oxygens (including phenoxy) is 1. The zero-order valence-electron chi connectivity index (χ0n) is 9.75. The second kappa shape index (κ2) is 5.07. The lowest BCUT2D eigenvalue weighted by atomic mass is 10.3. The zero-order chi connectivity index (χ0) is 13.2. The largest absolute Gasteiger partial charge is 0.486 e. The molecule has 0 amide bonds. The Kier molecular flexibility index (Phi) is 3.27. The van der Waals surface area contributed by atoms with Gasteiger partial charge in [-0.3, -0.25) is 4.40 Å². The number of benzene rings is 1. The third-order valence-electron chi connectivity index (χ3n) is 2.62. The van der Waals surface area contributed by atoms with Gasteiger partial charge in [-0.1, -0.05) is 23.2 Å². The van der Waals surface area contributed by atoms with Gasteiger partial charge < -0.3 is 4.74 Å². The van der Waals surface area contributed by atoms with Crippen LogP contribution in [0.3, 0.4) is 0 Å². The maximum absolute atomic E-state index is 5.89. The number of fused-ring (bicyclic) bond motifs is 1. The first-order chi connectivity index (χ1) is 9.22. The van der Waals surface area contributed by atoms with Gasteiger partial charge in [0, 0.05) is 22.3 Å². The summed E-state index contributed by atoms with van der Waals surface area (Å²) < 4.78 is 7.46. The molecule has 2 aromatic heterocycles. The van der Waals surface area contributed by atoms with Gasteiger partial charge in [0.25, 0.3) is 0 Å². The monoisotopic (exact) mass is 293 g/mol. The van der Waals surface area contributed by atoms with Crippen molar-refractivity contribution in [1.29, 1.82) is 0 Å². The van der Waals surface area contributed by atoms with Gasteiger partial charge in [-0.05, 0) is 30.3 Å². The molecule has 0 radical (unpaired) electrons. The first-order valence-electron chi connectivity index (χ1n) is 5.60. The summed E-state index contributed by atoms with van der Waals surface area (Å²) in [4.78, 5) is 0. The Bertz CT molecular complexity index is 709. The third kappa shape index (κ3) is 2.64. The molecule has 0 N–H and O–H groups in total. The summed E-state index contributed by atoms with van der Waals surface area (Å²) in [6.45, 7) is 0.324. The van der Waals surface area contributed by atoms with Gasteiger partial charge in [0.15, 0.2) is 11.5 Å². The zero-order valence-corrected chi connectivity index (χ0v) is 11.3. The van der Waals surface area contributed by atoms with E-state index in [9.17, 15) is 0 Å². The van der Waals surface area contributed by atoms with Crippen molar-refractivity contribution in [3.05, 3.63) is 58.5 Å². The first kappa shape index (κ1) is 12.3. The van der Waals surface area contributed by atoms with Gasteiger partial charge in [0.2, 0.25) is 0 Å². The van der Waals surface area contributed by atoms with Gasteiger partial charge in [-0.15, -0.1) is 10.2 Å². The molecule has 1 aromatic carbocycles. The standard InChI is InChI=1S/C13H9Cl2N3O/c14-9-1-3-11(4-2-9)19-8-13-17-16-12-7-10(15)5-6-18(12)13/h1-7H,8H2. The number of rotatable bonds is 3. The van der Waals surface area contributed by atoms with Crippen LogP contribution in [-0.2, 0) is 6.61 Å². The Morgan fingerprint density at radius 1 is 1.00 bits per heavy atom. The highest BCUT2D eigenvalue weighted by atomic mass is 35.5. The number of aromatic nitrogens is 3. The number of halogens is 2. The van der Waals surface area contributed by atoms with E-state index in [-0.39, 0.29) is 0 Å². The normalized spacial score (nSPS) is 10.8. The molecule has 0 saturated carbocycles. The van der Waals surface area contributed by atoms with Crippen LogP contribution in [0, 0.1) is 0 Å². The Hall–Kier alpha value is -1.78. The Labute approximate surface area is 119 Å². The van der Waals surface area contributed by atoms with E-state index in [1.807, 2.05) is 22.7 Å². The van der Waals surface area contributed by atoms with Gasteiger partial charge in [-0.2, -0.15) is 0 Å². The average Bonchev–Trinajstić information content (AvgIpc) is 2.80. The highest BCUT2D eigenvalue weighted by Crippen LogP contribution is 2.17. The summed E-state index contributed by atoms with van der Waals surface area (Å²) in [7, 11) is 0. The van der Waals surface area contributed by atoms with E-state index in [1.165, 1.54) is 0 Å². The summed E-state index contributed by atoms with van der Waals surface area (Å²) >= 11 is 11.7. The molecular formula is C13H9Cl2N3O. The van der Waals surface area contributed by atoms with Crippen LogP contribution < -0.4 is 4.74 Å². The molecule has 96 valence electrons. The van der Waals surface area contributed by atoms with Gasteiger partial charge in [0.05, 0.1) is 0 Å². The predicted octanol–water partition coefficient (Wildman–Crippen LogP) is 3.62. The summed E-state index contributed by atoms with van der Waals surface area (Å²) in [5.74, 6) is 1.44. The SMILES string of the molecule is Clc1ccc(OCc2nnc3cc(Cl)ccn23)cc1. The fourth-order valence-electron chi connectivity index (χ4n) is 1.69. The second-order valence-electron chi connectivity index (χ2n) is 3.93. The molecule has 0 atom stereocenters. The fraction of sp³-hybridized carbons (Fsp3) is 0.0769. The second-order valence-corrected chi connectivity index (χ2v) is 4.80. The van der Waals surface area contributed by atoms with Crippen LogP contribution in [0.5, 0.6) is 5.75 Å². The van der Waals surface area contributed by atoms with Crippen LogP contribution in [0.4, 0.5) is 0 Å². The van der Waals surface area contributed by atoms with E-state index >= 15 is 0 Å². The molecule has 0 bridgehead atoms. The molecule has 19 heavy (non-hydrogen) atoms. The lowest BCUT2D eigenvalue weighted by Crippen LogP contribution is -2.01. The summed E-state index contributed by atoms with van der Waals surface area (Å²) in [6.07, 6.45) is 1.82. The molecule has 0 aliphatic carbocycles. The summed E-state index contributed by atoms with van der Waals surface area (Å²) in [6, 6.07) is 10.7. The van der Waals surface area contributed by atoms with Crippen LogP contribution in [0.25, 0.3) is 5.65 Å². The maximum Gasteiger partial charge on any atom is 0.175 e. The van der Waals surface area contributed by atoms with Crippen molar-refractivity contribution >= 4 is 28.8 Å². The van der Waals surface area contributed by atoms with Crippen molar-refractivity contribution in [2.45, 2.75) is 6.61 Å². The minimum atomic E-state index is 0.324. The smallest absolute Gasteiger partial charge is 0.175 e.